The average molecular weight is 305 g/mol. The molecule has 0 fully saturated rings. The highest BCUT2D eigenvalue weighted by molar-refractivity contribution is 9.09. The zero-order valence-electron chi connectivity index (χ0n) is 8.78. The molecule has 7 heteroatoms. The van der Waals surface area contributed by atoms with Crippen molar-refractivity contribution in [3.05, 3.63) is 39.7 Å². The molecule has 0 aliphatic heterocycles. The van der Waals surface area contributed by atoms with E-state index in [1.165, 1.54) is 0 Å². The van der Waals surface area contributed by atoms with Gasteiger partial charge in [0.05, 0.1) is 16.6 Å². The summed E-state index contributed by atoms with van der Waals surface area (Å²) in [5.74, 6) is -1.46. The van der Waals surface area contributed by atoms with Crippen LogP contribution in [0.15, 0.2) is 18.2 Å². The number of hydrogen-bond acceptors (Lipinski definition) is 3. The molecule has 1 aromatic carbocycles. The van der Waals surface area contributed by atoms with Gasteiger partial charge in [-0.3, -0.25) is 14.9 Å². The smallest absolute Gasteiger partial charge is 0.272 e. The third kappa shape index (κ3) is 3.77. The van der Waals surface area contributed by atoms with Crippen LogP contribution in [0.3, 0.4) is 0 Å². The number of carbonyl (C=O) groups excluding carboxylic acids is 1. The van der Waals surface area contributed by atoms with Crippen LogP contribution in [0.1, 0.15) is 16.8 Å². The lowest BCUT2D eigenvalue weighted by Gasteiger charge is -2.04. The van der Waals surface area contributed by atoms with Crippen LogP contribution >= 0.6 is 15.9 Å². The summed E-state index contributed by atoms with van der Waals surface area (Å²) in [5.41, 5.74) is -0.565. The molecule has 0 bridgehead atoms. The van der Waals surface area contributed by atoms with Crippen LogP contribution in [0.25, 0.3) is 0 Å². The maximum Gasteiger partial charge on any atom is 0.272 e. The van der Waals surface area contributed by atoms with Crippen LogP contribution in [0.2, 0.25) is 0 Å². The normalized spacial score (nSPS) is 10.0. The Morgan fingerprint density at radius 2 is 2.24 bits per heavy atom. The summed E-state index contributed by atoms with van der Waals surface area (Å²) in [5, 5.41) is 13.6. The van der Waals surface area contributed by atoms with Gasteiger partial charge in [0.1, 0.15) is 5.82 Å². The highest BCUT2D eigenvalue weighted by Crippen LogP contribution is 2.16. The minimum Gasteiger partial charge on any atom is -0.352 e. The average Bonchev–Trinajstić information content (AvgIpc) is 2.28. The summed E-state index contributed by atoms with van der Waals surface area (Å²) in [6, 6.07) is 2.94. The van der Waals surface area contributed by atoms with Gasteiger partial charge >= 0.3 is 0 Å². The molecule has 5 nitrogen and oxygen atoms in total. The standard InChI is InChI=1S/C10H10BrFN2O3/c11-4-1-5-13-10(15)8-3-2-7(14(16)17)6-9(8)12/h2-3,6H,1,4-5H2,(H,13,15). The molecular weight excluding hydrogens is 295 g/mol. The third-order valence-electron chi connectivity index (χ3n) is 2.00. The van der Waals surface area contributed by atoms with Crippen molar-refractivity contribution in [3.8, 4) is 0 Å². The van der Waals surface area contributed by atoms with Crippen LogP contribution in [-0.2, 0) is 0 Å². The van der Waals surface area contributed by atoms with Gasteiger partial charge in [-0.25, -0.2) is 4.39 Å². The summed E-state index contributed by atoms with van der Waals surface area (Å²) >= 11 is 3.20. The van der Waals surface area contributed by atoms with Gasteiger partial charge in [-0.2, -0.15) is 0 Å². The number of nitrogens with zero attached hydrogens (tertiary/aromatic N) is 1. The largest absolute Gasteiger partial charge is 0.352 e. The number of nitro groups is 1. The molecule has 0 heterocycles. The van der Waals surface area contributed by atoms with Gasteiger partial charge in [-0.1, -0.05) is 15.9 Å². The van der Waals surface area contributed by atoms with Crippen LogP contribution in [0.5, 0.6) is 0 Å². The van der Waals surface area contributed by atoms with E-state index in [0.29, 0.717) is 6.54 Å². The molecule has 0 saturated carbocycles. The summed E-state index contributed by atoms with van der Waals surface area (Å²) < 4.78 is 13.4. The molecule has 1 N–H and O–H groups in total. The topological polar surface area (TPSA) is 72.2 Å². The van der Waals surface area contributed by atoms with E-state index in [1.807, 2.05) is 0 Å². The van der Waals surface area contributed by atoms with Crippen molar-refractivity contribution in [2.45, 2.75) is 6.42 Å². The first-order valence-electron chi connectivity index (χ1n) is 4.84. The Labute approximate surface area is 105 Å². The molecule has 0 saturated heterocycles. The molecule has 1 aromatic rings. The molecule has 0 unspecified atom stereocenters. The molecule has 0 aliphatic rings. The summed E-state index contributed by atoms with van der Waals surface area (Å²) in [7, 11) is 0. The molecule has 92 valence electrons. The lowest BCUT2D eigenvalue weighted by Crippen LogP contribution is -2.25. The maximum atomic E-state index is 13.4. The predicted molar refractivity (Wildman–Crippen MR) is 63.8 cm³/mol. The van der Waals surface area contributed by atoms with Crippen molar-refractivity contribution in [1.82, 2.24) is 5.32 Å². The highest BCUT2D eigenvalue weighted by atomic mass is 79.9. The zero-order valence-corrected chi connectivity index (χ0v) is 10.4. The fourth-order valence-corrected chi connectivity index (χ4v) is 1.45. The first kappa shape index (κ1) is 13.6. The lowest BCUT2D eigenvalue weighted by atomic mass is 10.2. The van der Waals surface area contributed by atoms with Crippen LogP contribution in [0, 0.1) is 15.9 Å². The van der Waals surface area contributed by atoms with E-state index in [0.717, 1.165) is 30.0 Å². The van der Waals surface area contributed by atoms with Gasteiger partial charge in [0, 0.05) is 17.9 Å². The number of benzene rings is 1. The predicted octanol–water partition coefficient (Wildman–Crippen LogP) is 2.25. The number of rotatable bonds is 5. The minimum atomic E-state index is -0.893. The number of carbonyl (C=O) groups is 1. The Hall–Kier alpha value is -1.50. The number of alkyl halides is 1. The van der Waals surface area contributed by atoms with Crippen LogP contribution in [0.4, 0.5) is 10.1 Å². The number of non-ortho nitro benzene ring substituents is 1. The molecule has 0 atom stereocenters. The van der Waals surface area contributed by atoms with Crippen molar-refractivity contribution in [2.24, 2.45) is 0 Å². The monoisotopic (exact) mass is 304 g/mol. The molecule has 1 rings (SSSR count). The highest BCUT2D eigenvalue weighted by Gasteiger charge is 2.15. The Morgan fingerprint density at radius 1 is 1.53 bits per heavy atom. The van der Waals surface area contributed by atoms with E-state index >= 15 is 0 Å². The van der Waals surface area contributed by atoms with E-state index < -0.39 is 16.6 Å². The van der Waals surface area contributed by atoms with Crippen molar-refractivity contribution in [1.29, 1.82) is 0 Å². The maximum absolute atomic E-state index is 13.4. The Balaban J connectivity index is 2.78. The molecule has 0 aliphatic carbocycles. The van der Waals surface area contributed by atoms with Crippen LogP contribution < -0.4 is 5.32 Å². The van der Waals surface area contributed by atoms with E-state index in [2.05, 4.69) is 21.2 Å². The number of amides is 1. The Kier molecular flexibility index (Phi) is 5.02. The second-order valence-corrected chi connectivity index (χ2v) is 4.01. The second kappa shape index (κ2) is 6.29. The third-order valence-corrected chi connectivity index (χ3v) is 2.56. The molecule has 0 aromatic heterocycles. The minimum absolute atomic E-state index is 0.190. The van der Waals surface area contributed by atoms with E-state index in [9.17, 15) is 19.3 Å². The first-order valence-corrected chi connectivity index (χ1v) is 5.96. The van der Waals surface area contributed by atoms with E-state index in [4.69, 9.17) is 0 Å². The van der Waals surface area contributed by atoms with Gasteiger partial charge in [-0.15, -0.1) is 0 Å². The molecule has 1 amide bonds. The quantitative estimate of drug-likeness (QED) is 0.392. The number of nitrogens with one attached hydrogen (secondary N) is 1. The molecule has 0 radical (unpaired) electrons. The summed E-state index contributed by atoms with van der Waals surface area (Å²) in [6.07, 6.45) is 0.723. The summed E-state index contributed by atoms with van der Waals surface area (Å²) in [6.45, 7) is 0.417. The van der Waals surface area contributed by atoms with Gasteiger partial charge < -0.3 is 5.32 Å². The number of hydrogen-bond donors (Lipinski definition) is 1. The second-order valence-electron chi connectivity index (χ2n) is 3.22. The Bertz CT molecular complexity index is 440. The number of halogens is 2. The zero-order chi connectivity index (χ0) is 12.8. The molecular formula is C10H10BrFN2O3. The van der Waals surface area contributed by atoms with E-state index in [-0.39, 0.29) is 11.3 Å². The molecule has 17 heavy (non-hydrogen) atoms. The first-order chi connectivity index (χ1) is 8.06. The van der Waals surface area contributed by atoms with Gasteiger partial charge in [-0.05, 0) is 12.5 Å². The van der Waals surface area contributed by atoms with Gasteiger partial charge in [0.2, 0.25) is 0 Å². The van der Waals surface area contributed by atoms with Gasteiger partial charge in [0.15, 0.2) is 0 Å². The van der Waals surface area contributed by atoms with E-state index in [1.54, 1.807) is 0 Å². The summed E-state index contributed by atoms with van der Waals surface area (Å²) in [4.78, 5) is 21.2. The van der Waals surface area contributed by atoms with Crippen molar-refractivity contribution >= 4 is 27.5 Å². The fourth-order valence-electron chi connectivity index (χ4n) is 1.17. The molecule has 0 spiro atoms. The van der Waals surface area contributed by atoms with Crippen molar-refractivity contribution < 1.29 is 14.1 Å². The SMILES string of the molecule is O=C(NCCCBr)c1ccc([N+](=O)[O-])cc1F. The van der Waals surface area contributed by atoms with Crippen molar-refractivity contribution in [3.63, 3.8) is 0 Å². The lowest BCUT2D eigenvalue weighted by molar-refractivity contribution is -0.385. The number of nitro benzene ring substituents is 1. The fraction of sp³-hybridized carbons (Fsp3) is 0.300. The Morgan fingerprint density at radius 3 is 2.76 bits per heavy atom. The van der Waals surface area contributed by atoms with Crippen LogP contribution in [-0.4, -0.2) is 22.7 Å². The van der Waals surface area contributed by atoms with Crippen molar-refractivity contribution in [2.75, 3.05) is 11.9 Å². The van der Waals surface area contributed by atoms with Gasteiger partial charge in [0.25, 0.3) is 11.6 Å².